The van der Waals surface area contributed by atoms with Gasteiger partial charge in [0.2, 0.25) is 0 Å². The average molecular weight is 393 g/mol. The summed E-state index contributed by atoms with van der Waals surface area (Å²) in [5, 5.41) is 0. The Morgan fingerprint density at radius 2 is 1.83 bits per heavy atom. The molecule has 2 aliphatic rings. The topological polar surface area (TPSA) is 39.7 Å². The highest BCUT2D eigenvalue weighted by Gasteiger charge is 2.27. The van der Waals surface area contributed by atoms with Crippen LogP contribution in [0.25, 0.3) is 0 Å². The molecule has 1 aromatic heterocycles. The summed E-state index contributed by atoms with van der Waals surface area (Å²) in [5.41, 5.74) is 3.08. The van der Waals surface area contributed by atoms with Crippen LogP contribution in [0.15, 0.2) is 48.7 Å². The first kappa shape index (κ1) is 19.9. The molecule has 1 atom stereocenters. The summed E-state index contributed by atoms with van der Waals surface area (Å²) < 4.78 is 0. The summed E-state index contributed by atoms with van der Waals surface area (Å²) >= 11 is 0. The number of nitrogens with zero attached hydrogens (tertiary/aromatic N) is 4. The molecule has 2 aliphatic heterocycles. The standard InChI is InChI=1S/C24H32N4O/c1-2-21-10-6-7-13-28(21)24(29)23-18-22(11-12-25-23)27-16-14-26(15-17-27)19-20-8-4-3-5-9-20/h3-5,8-9,11-12,18,21H,2,6-7,10,13-17,19H2,1H3. The molecule has 0 saturated carbocycles. The van der Waals surface area contributed by atoms with E-state index >= 15 is 0 Å². The molecule has 154 valence electrons. The highest BCUT2D eigenvalue weighted by atomic mass is 16.2. The van der Waals surface area contributed by atoms with Crippen LogP contribution in [-0.2, 0) is 6.54 Å². The second-order valence-electron chi connectivity index (χ2n) is 8.20. The number of anilines is 1. The van der Waals surface area contributed by atoms with Crippen LogP contribution in [0.5, 0.6) is 0 Å². The number of rotatable bonds is 5. The van der Waals surface area contributed by atoms with Gasteiger partial charge >= 0.3 is 0 Å². The monoisotopic (exact) mass is 392 g/mol. The predicted molar refractivity (Wildman–Crippen MR) is 117 cm³/mol. The Morgan fingerprint density at radius 1 is 1.03 bits per heavy atom. The maximum atomic E-state index is 13.1. The summed E-state index contributed by atoms with van der Waals surface area (Å²) in [6, 6.07) is 15.1. The fraction of sp³-hybridized carbons (Fsp3) is 0.500. The number of piperidine rings is 1. The molecular weight excluding hydrogens is 360 g/mol. The normalized spacial score (nSPS) is 20.7. The highest BCUT2D eigenvalue weighted by Crippen LogP contribution is 2.23. The second kappa shape index (κ2) is 9.40. The van der Waals surface area contributed by atoms with E-state index in [2.05, 4.69) is 52.0 Å². The number of aromatic nitrogens is 1. The molecule has 5 heteroatoms. The smallest absolute Gasteiger partial charge is 0.272 e. The molecule has 1 unspecified atom stereocenters. The molecule has 0 bridgehead atoms. The van der Waals surface area contributed by atoms with Crippen molar-refractivity contribution in [3.8, 4) is 0 Å². The lowest BCUT2D eigenvalue weighted by molar-refractivity contribution is 0.0602. The first-order valence-electron chi connectivity index (χ1n) is 11.0. The van der Waals surface area contributed by atoms with Gasteiger partial charge in [0.15, 0.2) is 0 Å². The van der Waals surface area contributed by atoms with Gasteiger partial charge in [0.05, 0.1) is 0 Å². The van der Waals surface area contributed by atoms with Gasteiger partial charge in [-0.25, -0.2) is 0 Å². The summed E-state index contributed by atoms with van der Waals surface area (Å²) in [5.74, 6) is 0.0983. The van der Waals surface area contributed by atoms with Crippen LogP contribution in [0.3, 0.4) is 0 Å². The minimum Gasteiger partial charge on any atom is -0.369 e. The molecule has 2 aromatic rings. The van der Waals surface area contributed by atoms with Crippen molar-refractivity contribution in [2.45, 2.75) is 45.2 Å². The predicted octanol–water partition coefficient (Wildman–Crippen LogP) is 3.81. The maximum absolute atomic E-state index is 13.1. The van der Waals surface area contributed by atoms with Crippen molar-refractivity contribution in [1.29, 1.82) is 0 Å². The van der Waals surface area contributed by atoms with E-state index in [1.807, 2.05) is 17.0 Å². The zero-order chi connectivity index (χ0) is 20.1. The van der Waals surface area contributed by atoms with E-state index < -0.39 is 0 Å². The Labute approximate surface area is 174 Å². The Bertz CT molecular complexity index is 802. The first-order chi connectivity index (χ1) is 14.2. The molecule has 2 fully saturated rings. The number of carbonyl (C=O) groups excluding carboxylic acids is 1. The minimum absolute atomic E-state index is 0.0983. The van der Waals surface area contributed by atoms with Crippen LogP contribution in [0.2, 0.25) is 0 Å². The van der Waals surface area contributed by atoms with Gasteiger partial charge in [-0.15, -0.1) is 0 Å². The van der Waals surface area contributed by atoms with Crippen molar-refractivity contribution in [2.24, 2.45) is 0 Å². The minimum atomic E-state index is 0.0983. The van der Waals surface area contributed by atoms with Crippen LogP contribution in [0.4, 0.5) is 5.69 Å². The molecule has 2 saturated heterocycles. The molecule has 29 heavy (non-hydrogen) atoms. The van der Waals surface area contributed by atoms with Gasteiger partial charge in [0.1, 0.15) is 5.69 Å². The number of piperazine rings is 1. The Morgan fingerprint density at radius 3 is 2.59 bits per heavy atom. The van der Waals surface area contributed by atoms with Crippen molar-refractivity contribution < 1.29 is 4.79 Å². The Kier molecular flexibility index (Phi) is 6.45. The second-order valence-corrected chi connectivity index (χ2v) is 8.20. The molecular formula is C24H32N4O. The zero-order valence-corrected chi connectivity index (χ0v) is 17.5. The van der Waals surface area contributed by atoms with E-state index in [-0.39, 0.29) is 5.91 Å². The van der Waals surface area contributed by atoms with E-state index in [9.17, 15) is 4.79 Å². The number of pyridine rings is 1. The van der Waals surface area contributed by atoms with Gasteiger partial charge in [-0.2, -0.15) is 0 Å². The van der Waals surface area contributed by atoms with Gasteiger partial charge in [0.25, 0.3) is 5.91 Å². The summed E-state index contributed by atoms with van der Waals surface area (Å²) in [6.07, 6.45) is 6.26. The van der Waals surface area contributed by atoms with Crippen LogP contribution in [0, 0.1) is 0 Å². The number of amides is 1. The van der Waals surface area contributed by atoms with E-state index in [1.165, 1.54) is 12.0 Å². The fourth-order valence-electron chi connectivity index (χ4n) is 4.58. The molecule has 0 radical (unpaired) electrons. The molecule has 1 aromatic carbocycles. The SMILES string of the molecule is CCC1CCCCN1C(=O)c1cc(N2CCN(Cc3ccccc3)CC2)ccn1. The average Bonchev–Trinajstić information content (AvgIpc) is 2.80. The third kappa shape index (κ3) is 4.78. The molecule has 4 rings (SSSR count). The van der Waals surface area contributed by atoms with Gasteiger partial charge in [0, 0.05) is 57.2 Å². The van der Waals surface area contributed by atoms with Crippen molar-refractivity contribution >= 4 is 11.6 Å². The zero-order valence-electron chi connectivity index (χ0n) is 17.5. The Hall–Kier alpha value is -2.40. The lowest BCUT2D eigenvalue weighted by atomic mass is 9.99. The quantitative estimate of drug-likeness (QED) is 0.776. The number of carbonyl (C=O) groups is 1. The lowest BCUT2D eigenvalue weighted by Gasteiger charge is -2.37. The summed E-state index contributed by atoms with van der Waals surface area (Å²) in [6.45, 7) is 8.06. The number of likely N-dealkylation sites (tertiary alicyclic amines) is 1. The lowest BCUT2D eigenvalue weighted by Crippen LogP contribution is -2.46. The largest absolute Gasteiger partial charge is 0.369 e. The van der Waals surface area contributed by atoms with Crippen molar-refractivity contribution in [3.63, 3.8) is 0 Å². The molecule has 0 aliphatic carbocycles. The molecule has 0 N–H and O–H groups in total. The summed E-state index contributed by atoms with van der Waals surface area (Å²) in [4.78, 5) is 24.4. The van der Waals surface area contributed by atoms with E-state index in [4.69, 9.17) is 0 Å². The van der Waals surface area contributed by atoms with Crippen LogP contribution in [-0.4, -0.2) is 59.5 Å². The molecule has 5 nitrogen and oxygen atoms in total. The van der Waals surface area contributed by atoms with Crippen molar-refractivity contribution in [3.05, 3.63) is 59.9 Å². The van der Waals surface area contributed by atoms with Crippen LogP contribution < -0.4 is 4.90 Å². The van der Waals surface area contributed by atoms with E-state index in [0.29, 0.717) is 11.7 Å². The van der Waals surface area contributed by atoms with Crippen molar-refractivity contribution in [2.75, 3.05) is 37.6 Å². The summed E-state index contributed by atoms with van der Waals surface area (Å²) in [7, 11) is 0. The van der Waals surface area contributed by atoms with E-state index in [0.717, 1.165) is 64.2 Å². The van der Waals surface area contributed by atoms with Gasteiger partial charge in [-0.1, -0.05) is 37.3 Å². The van der Waals surface area contributed by atoms with Gasteiger partial charge in [-0.05, 0) is 43.4 Å². The fourth-order valence-corrected chi connectivity index (χ4v) is 4.58. The van der Waals surface area contributed by atoms with E-state index in [1.54, 1.807) is 6.20 Å². The molecule has 0 spiro atoms. The van der Waals surface area contributed by atoms with Crippen LogP contribution in [0.1, 0.15) is 48.7 Å². The number of hydrogen-bond acceptors (Lipinski definition) is 4. The van der Waals surface area contributed by atoms with Crippen molar-refractivity contribution in [1.82, 2.24) is 14.8 Å². The number of hydrogen-bond donors (Lipinski definition) is 0. The Balaban J connectivity index is 1.38. The maximum Gasteiger partial charge on any atom is 0.272 e. The number of benzene rings is 1. The highest BCUT2D eigenvalue weighted by molar-refractivity contribution is 5.93. The first-order valence-corrected chi connectivity index (χ1v) is 11.0. The van der Waals surface area contributed by atoms with Crippen LogP contribution >= 0.6 is 0 Å². The molecule has 1 amide bonds. The van der Waals surface area contributed by atoms with Gasteiger partial charge in [-0.3, -0.25) is 14.7 Å². The third-order valence-electron chi connectivity index (χ3n) is 6.31. The molecule has 3 heterocycles. The third-order valence-corrected chi connectivity index (χ3v) is 6.31. The van der Waals surface area contributed by atoms with Gasteiger partial charge < -0.3 is 9.80 Å².